The molecule has 1 aromatic carbocycles. The molecule has 1 aliphatic rings. The van der Waals surface area contributed by atoms with Gasteiger partial charge in [0, 0.05) is 6.54 Å². The molecule has 0 spiro atoms. The van der Waals surface area contributed by atoms with Crippen molar-refractivity contribution in [2.45, 2.75) is 31.0 Å². The van der Waals surface area contributed by atoms with Gasteiger partial charge in [-0.25, -0.2) is 4.39 Å². The van der Waals surface area contributed by atoms with Crippen molar-refractivity contribution in [2.24, 2.45) is 0 Å². The zero-order chi connectivity index (χ0) is 15.0. The molecular formula is C14H17F4NO. The monoisotopic (exact) mass is 291 g/mol. The first-order valence-corrected chi connectivity index (χ1v) is 6.50. The van der Waals surface area contributed by atoms with E-state index < -0.39 is 23.2 Å². The third kappa shape index (κ3) is 3.12. The second kappa shape index (κ2) is 5.33. The molecule has 0 radical (unpaired) electrons. The summed E-state index contributed by atoms with van der Waals surface area (Å²) < 4.78 is 51.2. The maximum atomic E-state index is 13.6. The lowest BCUT2D eigenvalue weighted by molar-refractivity contribution is -0.140. The molecule has 1 atom stereocenters. The van der Waals surface area contributed by atoms with Gasteiger partial charge in [0.15, 0.2) is 0 Å². The first-order valence-electron chi connectivity index (χ1n) is 6.50. The summed E-state index contributed by atoms with van der Waals surface area (Å²) in [5.41, 5.74) is -2.33. The summed E-state index contributed by atoms with van der Waals surface area (Å²) in [6.45, 7) is 1.44. The SMILES string of the molecule is CN1CCCC(O)(c2ccc(C(F)(F)F)c(F)c2)CC1. The number of rotatable bonds is 1. The van der Waals surface area contributed by atoms with Crippen molar-refractivity contribution in [3.05, 3.63) is 35.1 Å². The van der Waals surface area contributed by atoms with Crippen molar-refractivity contribution in [3.8, 4) is 0 Å². The fraction of sp³-hybridized carbons (Fsp3) is 0.571. The Bertz CT molecular complexity index is 489. The minimum absolute atomic E-state index is 0.221. The van der Waals surface area contributed by atoms with Crippen molar-refractivity contribution < 1.29 is 22.7 Å². The zero-order valence-corrected chi connectivity index (χ0v) is 11.2. The Morgan fingerprint density at radius 3 is 2.50 bits per heavy atom. The van der Waals surface area contributed by atoms with E-state index in [1.165, 1.54) is 6.07 Å². The highest BCUT2D eigenvalue weighted by Crippen LogP contribution is 2.36. The topological polar surface area (TPSA) is 23.5 Å². The van der Waals surface area contributed by atoms with Gasteiger partial charge >= 0.3 is 6.18 Å². The summed E-state index contributed by atoms with van der Waals surface area (Å²) in [5.74, 6) is -1.33. The Morgan fingerprint density at radius 1 is 1.20 bits per heavy atom. The highest BCUT2D eigenvalue weighted by atomic mass is 19.4. The van der Waals surface area contributed by atoms with E-state index in [4.69, 9.17) is 0 Å². The van der Waals surface area contributed by atoms with Crippen LogP contribution in [0.25, 0.3) is 0 Å². The Morgan fingerprint density at radius 2 is 1.90 bits per heavy atom. The number of hydrogen-bond acceptors (Lipinski definition) is 2. The van der Waals surface area contributed by atoms with E-state index in [9.17, 15) is 22.7 Å². The molecule has 112 valence electrons. The van der Waals surface area contributed by atoms with E-state index in [2.05, 4.69) is 0 Å². The van der Waals surface area contributed by atoms with Crippen molar-refractivity contribution >= 4 is 0 Å². The van der Waals surface area contributed by atoms with Crippen LogP contribution in [-0.4, -0.2) is 30.1 Å². The lowest BCUT2D eigenvalue weighted by Gasteiger charge is -2.27. The molecule has 1 N–H and O–H groups in total. The van der Waals surface area contributed by atoms with Gasteiger partial charge in [-0.2, -0.15) is 13.2 Å². The van der Waals surface area contributed by atoms with E-state index in [1.807, 2.05) is 11.9 Å². The molecule has 0 saturated carbocycles. The third-order valence-corrected chi connectivity index (χ3v) is 3.85. The molecule has 1 heterocycles. The van der Waals surface area contributed by atoms with Gasteiger partial charge in [-0.1, -0.05) is 6.07 Å². The summed E-state index contributed by atoms with van der Waals surface area (Å²) >= 11 is 0. The smallest absolute Gasteiger partial charge is 0.385 e. The molecule has 0 aliphatic carbocycles. The normalized spacial score (nSPS) is 25.5. The molecule has 2 nitrogen and oxygen atoms in total. The van der Waals surface area contributed by atoms with Crippen LogP contribution in [0, 0.1) is 5.82 Å². The Hall–Kier alpha value is -1.14. The fourth-order valence-electron chi connectivity index (χ4n) is 2.58. The van der Waals surface area contributed by atoms with Crippen LogP contribution in [0.4, 0.5) is 17.6 Å². The van der Waals surface area contributed by atoms with Crippen LogP contribution in [0.5, 0.6) is 0 Å². The first kappa shape index (κ1) is 15.3. The van der Waals surface area contributed by atoms with E-state index in [0.29, 0.717) is 25.5 Å². The Labute approximate surface area is 115 Å². The predicted octanol–water partition coefficient (Wildman–Crippen LogP) is 3.15. The second-order valence-corrected chi connectivity index (χ2v) is 5.38. The molecule has 0 bridgehead atoms. The summed E-state index contributed by atoms with van der Waals surface area (Å²) in [6, 6.07) is 2.70. The lowest BCUT2D eigenvalue weighted by Crippen LogP contribution is -2.28. The van der Waals surface area contributed by atoms with Gasteiger partial charge in [0.05, 0.1) is 11.2 Å². The standard InChI is InChI=1S/C14H17F4NO/c1-19-7-2-5-13(20,6-8-19)10-3-4-11(12(15)9-10)14(16,17)18/h3-4,9,20H,2,5-8H2,1H3. The van der Waals surface area contributed by atoms with Crippen molar-refractivity contribution in [1.29, 1.82) is 0 Å². The molecule has 6 heteroatoms. The molecule has 1 fully saturated rings. The van der Waals surface area contributed by atoms with Crippen molar-refractivity contribution in [3.63, 3.8) is 0 Å². The zero-order valence-electron chi connectivity index (χ0n) is 11.2. The van der Waals surface area contributed by atoms with Crippen LogP contribution in [0.1, 0.15) is 30.4 Å². The van der Waals surface area contributed by atoms with E-state index in [0.717, 1.165) is 19.0 Å². The number of nitrogens with zero attached hydrogens (tertiary/aromatic N) is 1. The van der Waals surface area contributed by atoms with Crippen LogP contribution in [0.3, 0.4) is 0 Å². The van der Waals surface area contributed by atoms with E-state index in [1.54, 1.807) is 0 Å². The highest BCUT2D eigenvalue weighted by Gasteiger charge is 2.36. The predicted molar refractivity (Wildman–Crippen MR) is 66.6 cm³/mol. The number of halogens is 4. The minimum atomic E-state index is -4.71. The van der Waals surface area contributed by atoms with Crippen molar-refractivity contribution in [1.82, 2.24) is 4.90 Å². The Kier molecular flexibility index (Phi) is 4.07. The van der Waals surface area contributed by atoms with Gasteiger partial charge in [0.25, 0.3) is 0 Å². The Balaban J connectivity index is 2.31. The van der Waals surface area contributed by atoms with E-state index >= 15 is 0 Å². The maximum absolute atomic E-state index is 13.6. The third-order valence-electron chi connectivity index (χ3n) is 3.85. The second-order valence-electron chi connectivity index (χ2n) is 5.38. The molecule has 1 aromatic rings. The molecular weight excluding hydrogens is 274 g/mol. The number of benzene rings is 1. The minimum Gasteiger partial charge on any atom is -0.385 e. The number of aliphatic hydroxyl groups is 1. The molecule has 2 rings (SSSR count). The quantitative estimate of drug-likeness (QED) is 0.804. The first-order chi connectivity index (χ1) is 9.22. The summed E-state index contributed by atoms with van der Waals surface area (Å²) in [6.07, 6.45) is -3.19. The van der Waals surface area contributed by atoms with Crippen LogP contribution in [-0.2, 0) is 11.8 Å². The lowest BCUT2D eigenvalue weighted by atomic mass is 9.86. The largest absolute Gasteiger partial charge is 0.419 e. The van der Waals surface area contributed by atoms with Crippen LogP contribution in [0.15, 0.2) is 18.2 Å². The van der Waals surface area contributed by atoms with Crippen molar-refractivity contribution in [2.75, 3.05) is 20.1 Å². The van der Waals surface area contributed by atoms with Gasteiger partial charge in [-0.15, -0.1) is 0 Å². The highest BCUT2D eigenvalue weighted by molar-refractivity contribution is 5.30. The molecule has 20 heavy (non-hydrogen) atoms. The average Bonchev–Trinajstić information content (AvgIpc) is 2.51. The van der Waals surface area contributed by atoms with E-state index in [-0.39, 0.29) is 5.56 Å². The molecule has 0 aromatic heterocycles. The van der Waals surface area contributed by atoms with Gasteiger partial charge < -0.3 is 10.0 Å². The summed E-state index contributed by atoms with van der Waals surface area (Å²) in [4.78, 5) is 2.04. The maximum Gasteiger partial charge on any atom is 0.419 e. The van der Waals surface area contributed by atoms with Gasteiger partial charge in [-0.3, -0.25) is 0 Å². The molecule has 0 amide bonds. The van der Waals surface area contributed by atoms with Gasteiger partial charge in [0.2, 0.25) is 0 Å². The number of hydrogen-bond donors (Lipinski definition) is 1. The summed E-state index contributed by atoms with van der Waals surface area (Å²) in [5, 5.41) is 10.6. The fourth-order valence-corrected chi connectivity index (χ4v) is 2.58. The van der Waals surface area contributed by atoms with Gasteiger partial charge in [-0.05, 0) is 50.6 Å². The number of likely N-dealkylation sites (tertiary alicyclic amines) is 1. The number of alkyl halides is 3. The van der Waals surface area contributed by atoms with Crippen LogP contribution >= 0.6 is 0 Å². The van der Waals surface area contributed by atoms with Crippen LogP contribution < -0.4 is 0 Å². The molecule has 1 aliphatic heterocycles. The molecule has 1 unspecified atom stereocenters. The van der Waals surface area contributed by atoms with Gasteiger partial charge in [0.1, 0.15) is 5.82 Å². The van der Waals surface area contributed by atoms with Crippen LogP contribution in [0.2, 0.25) is 0 Å². The molecule has 1 saturated heterocycles. The summed E-state index contributed by atoms with van der Waals surface area (Å²) in [7, 11) is 1.92. The average molecular weight is 291 g/mol.